The third-order valence-electron chi connectivity index (χ3n) is 10.6. The van der Waals surface area contributed by atoms with Crippen LogP contribution in [0.25, 0.3) is 0 Å². The van der Waals surface area contributed by atoms with Gasteiger partial charge in [0.25, 0.3) is 0 Å². The highest BCUT2D eigenvalue weighted by Crippen LogP contribution is 2.34. The highest BCUT2D eigenvalue weighted by molar-refractivity contribution is 5.23. The number of ether oxygens (including phenoxy) is 7. The zero-order valence-electron chi connectivity index (χ0n) is 29.3. The predicted molar refractivity (Wildman–Crippen MR) is 170 cm³/mol. The van der Waals surface area contributed by atoms with E-state index in [1.54, 1.807) is 0 Å². The van der Waals surface area contributed by atoms with E-state index in [0.717, 1.165) is 0 Å². The molecule has 1 aliphatic carbocycles. The van der Waals surface area contributed by atoms with Gasteiger partial charge in [0, 0.05) is 0 Å². The molecule has 24 nitrogen and oxygen atoms in total. The average Bonchev–Trinajstić information content (AvgIpc) is 3.17. The molecule has 5 rings (SSSR count). The van der Waals surface area contributed by atoms with Gasteiger partial charge in [-0.3, -0.25) is 0 Å². The molecule has 4 fully saturated rings. The van der Waals surface area contributed by atoms with Crippen LogP contribution in [0.2, 0.25) is 0 Å². The molecule has 4 saturated heterocycles. The normalized spacial score (nSPS) is 52.5. The fourth-order valence-corrected chi connectivity index (χ4v) is 7.29. The first kappa shape index (κ1) is 44.9. The quantitative estimate of drug-likeness (QED) is 0.0814. The van der Waals surface area contributed by atoms with Gasteiger partial charge in [-0.05, 0) is 12.5 Å². The van der Waals surface area contributed by atoms with Crippen molar-refractivity contribution in [1.29, 1.82) is 0 Å². The molecule has 0 spiro atoms. The summed E-state index contributed by atoms with van der Waals surface area (Å²) in [6.45, 7) is -1.81. The first-order valence-electron chi connectivity index (χ1n) is 17.6. The van der Waals surface area contributed by atoms with Crippen LogP contribution in [0.3, 0.4) is 0 Å². The second-order valence-electron chi connectivity index (χ2n) is 14.2. The van der Waals surface area contributed by atoms with Crippen LogP contribution in [-0.2, 0) is 33.2 Å². The monoisotopic (exact) mass is 807 g/mol. The van der Waals surface area contributed by atoms with Gasteiger partial charge in [-0.1, -0.05) is 6.08 Å². The van der Waals surface area contributed by atoms with Gasteiger partial charge in [-0.2, -0.15) is 0 Å². The van der Waals surface area contributed by atoms with E-state index in [1.807, 2.05) is 0 Å². The van der Waals surface area contributed by atoms with Crippen molar-refractivity contribution in [3.05, 3.63) is 11.6 Å². The molecule has 5 aliphatic rings. The minimum atomic E-state index is -2.01. The van der Waals surface area contributed by atoms with Gasteiger partial charge >= 0.3 is 0 Å². The van der Waals surface area contributed by atoms with Gasteiger partial charge in [-0.25, -0.2) is 0 Å². The van der Waals surface area contributed by atoms with Crippen molar-refractivity contribution in [1.82, 2.24) is 5.32 Å². The summed E-state index contributed by atoms with van der Waals surface area (Å²) in [4.78, 5) is 0. The fraction of sp³-hybridized carbons (Fsp3) is 0.935. The predicted octanol–water partition coefficient (Wildman–Crippen LogP) is -10.7. The summed E-state index contributed by atoms with van der Waals surface area (Å²) in [5.74, 6) is 0. The first-order valence-corrected chi connectivity index (χ1v) is 17.6. The summed E-state index contributed by atoms with van der Waals surface area (Å²) in [5.41, 5.74) is -0.0939. The molecule has 0 saturated carbocycles. The lowest BCUT2D eigenvalue weighted by atomic mass is 9.86. The summed E-state index contributed by atoms with van der Waals surface area (Å²) >= 11 is 0. The summed E-state index contributed by atoms with van der Waals surface area (Å²) in [6.07, 6.45) is -36.3. The molecule has 0 amide bonds. The van der Waals surface area contributed by atoms with Crippen LogP contribution in [-0.4, -0.2) is 255 Å². The number of aliphatic hydroxyl groups excluding tert-OH is 16. The van der Waals surface area contributed by atoms with E-state index in [-0.39, 0.29) is 5.57 Å². The molecule has 0 aromatic rings. The van der Waals surface area contributed by atoms with E-state index in [1.165, 1.54) is 13.0 Å². The number of aliphatic hydroxyl groups is 16. The smallest absolute Gasteiger partial charge is 0.187 e. The topological polar surface area (TPSA) is 400 Å². The zero-order valence-corrected chi connectivity index (χ0v) is 29.3. The van der Waals surface area contributed by atoms with Crippen molar-refractivity contribution in [2.45, 2.75) is 154 Å². The highest BCUT2D eigenvalue weighted by Gasteiger charge is 2.54. The van der Waals surface area contributed by atoms with Crippen molar-refractivity contribution in [2.24, 2.45) is 0 Å². The number of rotatable bonds is 12. The molecule has 55 heavy (non-hydrogen) atoms. The molecule has 0 bridgehead atoms. The largest absolute Gasteiger partial charge is 0.394 e. The van der Waals surface area contributed by atoms with Crippen molar-refractivity contribution >= 4 is 0 Å². The Balaban J connectivity index is 1.24. The van der Waals surface area contributed by atoms with Gasteiger partial charge < -0.3 is 120 Å². The third-order valence-corrected chi connectivity index (χ3v) is 10.6. The number of hydrogen-bond acceptors (Lipinski definition) is 24. The Morgan fingerprint density at radius 2 is 1.00 bits per heavy atom. The Kier molecular flexibility index (Phi) is 15.3. The van der Waals surface area contributed by atoms with Gasteiger partial charge in [-0.15, -0.1) is 0 Å². The molecule has 24 heteroatoms. The van der Waals surface area contributed by atoms with Crippen molar-refractivity contribution in [3.63, 3.8) is 0 Å². The van der Waals surface area contributed by atoms with Gasteiger partial charge in [0.1, 0.15) is 104 Å². The van der Waals surface area contributed by atoms with Crippen molar-refractivity contribution < 1.29 is 115 Å². The van der Waals surface area contributed by atoms with Crippen LogP contribution in [0.4, 0.5) is 0 Å². The van der Waals surface area contributed by atoms with E-state index in [0.29, 0.717) is 0 Å². The maximum absolute atomic E-state index is 11.2. The van der Waals surface area contributed by atoms with Crippen molar-refractivity contribution in [2.75, 3.05) is 26.4 Å². The molecule has 0 unspecified atom stereocenters. The Morgan fingerprint density at radius 3 is 1.58 bits per heavy atom. The molecule has 0 aromatic carbocycles. The molecule has 4 heterocycles. The number of nitrogens with one attached hydrogen (secondary N) is 1. The molecule has 0 radical (unpaired) electrons. The molecule has 0 aromatic heterocycles. The molecular formula is C31H53NO23. The van der Waals surface area contributed by atoms with Crippen LogP contribution >= 0.6 is 0 Å². The lowest BCUT2D eigenvalue weighted by Gasteiger charge is -2.48. The summed E-state index contributed by atoms with van der Waals surface area (Å²) in [6, 6.07) is -2.46. The maximum Gasteiger partial charge on any atom is 0.187 e. The lowest BCUT2D eigenvalue weighted by molar-refractivity contribution is -0.364. The Morgan fingerprint density at radius 1 is 0.509 bits per heavy atom. The Hall–Kier alpha value is -1.22. The minimum absolute atomic E-state index is 0.0939. The number of hydrogen-bond donors (Lipinski definition) is 17. The van der Waals surface area contributed by atoms with E-state index < -0.39 is 174 Å². The summed E-state index contributed by atoms with van der Waals surface area (Å²) in [5, 5.41) is 169. The van der Waals surface area contributed by atoms with E-state index in [4.69, 9.17) is 33.2 Å². The summed E-state index contributed by atoms with van der Waals surface area (Å²) < 4.78 is 38.4. The lowest BCUT2D eigenvalue weighted by Crippen LogP contribution is -2.68. The average molecular weight is 808 g/mol. The molecular weight excluding hydrogens is 754 g/mol. The minimum Gasteiger partial charge on any atom is -0.394 e. The van der Waals surface area contributed by atoms with Gasteiger partial charge in [0.15, 0.2) is 25.2 Å². The molecule has 4 aliphatic heterocycles. The van der Waals surface area contributed by atoms with Crippen LogP contribution in [0.5, 0.6) is 0 Å². The SMILES string of the molecule is C[C@H]1O[C@H](O[C@H]2[C@H](O)[C@@H](O)[C@H](O)O[C@@H]2CO)[C@H](O)[C@@H](O)[C@@H]1N[C@H]1C=C(CO)[C@@H](O[C@H]2O[C@H](CO)[C@@H](O[C@H]3O[C@H](CO)[C@@H](O)[C@H](O)[C@H]3O)[C@H](O)[C@H]2O)[C@H](O)[C@H]1O. The second kappa shape index (κ2) is 18.8. The fourth-order valence-electron chi connectivity index (χ4n) is 7.29. The van der Waals surface area contributed by atoms with Gasteiger partial charge in [0.05, 0.1) is 44.6 Å². The zero-order chi connectivity index (χ0) is 40.6. The standard InChI is InChI=1S/C31H53NO23/c1-7-13(16(39)22(45)29(49-7)54-26-11(5-35)50-28(48)21(44)19(26)42)32-9-2-8(3-33)25(18(41)14(9)37)53-31-24(47)20(43)27(12(6-36)52-31)55-30-23(46)17(40)15(38)10(4-34)51-30/h2,7,9-48H,3-6H2,1H3/t7-,9+,10-,11-,12-,13-,14+,15-,16+,17+,18-,19-,20-,21-,22-,23-,24-,25-,26-,27-,28-,29-,30-,31-/m1/s1. The molecule has 24 atom stereocenters. The summed E-state index contributed by atoms with van der Waals surface area (Å²) in [7, 11) is 0. The van der Waals surface area contributed by atoms with Crippen LogP contribution in [0.15, 0.2) is 11.6 Å². The van der Waals surface area contributed by atoms with E-state index in [2.05, 4.69) is 5.32 Å². The molecule has 17 N–H and O–H groups in total. The Labute approximate surface area is 312 Å². The van der Waals surface area contributed by atoms with Crippen LogP contribution in [0.1, 0.15) is 6.92 Å². The van der Waals surface area contributed by atoms with Crippen LogP contribution < -0.4 is 5.32 Å². The third kappa shape index (κ3) is 9.03. The maximum atomic E-state index is 11.2. The van der Waals surface area contributed by atoms with Crippen molar-refractivity contribution in [3.8, 4) is 0 Å². The van der Waals surface area contributed by atoms with Crippen LogP contribution in [0, 0.1) is 0 Å². The first-order chi connectivity index (χ1) is 26.0. The molecule has 320 valence electrons. The van der Waals surface area contributed by atoms with Gasteiger partial charge in [0.2, 0.25) is 0 Å². The van der Waals surface area contributed by atoms with E-state index in [9.17, 15) is 81.7 Å². The second-order valence-corrected chi connectivity index (χ2v) is 14.2. The van der Waals surface area contributed by atoms with E-state index >= 15 is 0 Å². The Bertz CT molecular complexity index is 1250. The highest BCUT2D eigenvalue weighted by atomic mass is 16.7.